The van der Waals surface area contributed by atoms with Crippen molar-refractivity contribution < 1.29 is 13.2 Å². The highest BCUT2D eigenvalue weighted by Gasteiger charge is 2.28. The largest absolute Gasteiger partial charge is 0.406 e. The molecule has 0 aliphatic carbocycles. The first-order chi connectivity index (χ1) is 7.79. The number of hydrogen-bond acceptors (Lipinski definition) is 2. The zero-order chi connectivity index (χ0) is 12.8. The Hall–Kier alpha value is -1.92. The van der Waals surface area contributed by atoms with Crippen molar-refractivity contribution in [1.82, 2.24) is 9.13 Å². The molecule has 17 heavy (non-hydrogen) atoms. The summed E-state index contributed by atoms with van der Waals surface area (Å²) in [5, 5.41) is 0.124. The van der Waals surface area contributed by atoms with Gasteiger partial charge in [0.1, 0.15) is 6.54 Å². The molecule has 0 bridgehead atoms. The highest BCUT2D eigenvalue weighted by molar-refractivity contribution is 5.90. The molecule has 0 aromatic carbocycles. The van der Waals surface area contributed by atoms with Crippen LogP contribution in [0.4, 0.5) is 18.9 Å². The molecule has 2 rings (SSSR count). The van der Waals surface area contributed by atoms with Crippen molar-refractivity contribution in [3.05, 3.63) is 28.8 Å². The maximum absolute atomic E-state index is 12.2. The Morgan fingerprint density at radius 2 is 2.06 bits per heavy atom. The summed E-state index contributed by atoms with van der Waals surface area (Å²) in [6.45, 7) is -1.31. The van der Waals surface area contributed by atoms with Crippen LogP contribution in [0.5, 0.6) is 0 Å². The van der Waals surface area contributed by atoms with Gasteiger partial charge in [-0.2, -0.15) is 13.2 Å². The third-order valence-corrected chi connectivity index (χ3v) is 2.49. The van der Waals surface area contributed by atoms with E-state index in [9.17, 15) is 18.0 Å². The molecule has 4 nitrogen and oxygen atoms in total. The van der Waals surface area contributed by atoms with E-state index >= 15 is 0 Å². The zero-order valence-electron chi connectivity index (χ0n) is 8.95. The van der Waals surface area contributed by atoms with Crippen molar-refractivity contribution in [3.8, 4) is 0 Å². The van der Waals surface area contributed by atoms with E-state index in [1.807, 2.05) is 0 Å². The van der Waals surface area contributed by atoms with Gasteiger partial charge in [0.2, 0.25) is 0 Å². The standard InChI is InChI=1S/C10H10F3N3O/c1-15-4-6(14)8-7(15)2-3-16(9(8)17)5-10(11,12)13/h2-4H,5,14H2,1H3. The quantitative estimate of drug-likeness (QED) is 0.827. The Morgan fingerprint density at radius 1 is 1.41 bits per heavy atom. The molecule has 2 aromatic heterocycles. The van der Waals surface area contributed by atoms with Crippen LogP contribution >= 0.6 is 0 Å². The Morgan fingerprint density at radius 3 is 2.65 bits per heavy atom. The van der Waals surface area contributed by atoms with Gasteiger partial charge in [-0.1, -0.05) is 0 Å². The smallest absolute Gasteiger partial charge is 0.397 e. The Kier molecular flexibility index (Phi) is 2.41. The van der Waals surface area contributed by atoms with Gasteiger partial charge in [0.25, 0.3) is 5.56 Å². The monoisotopic (exact) mass is 245 g/mol. The van der Waals surface area contributed by atoms with E-state index in [-0.39, 0.29) is 11.1 Å². The number of hydrogen-bond donors (Lipinski definition) is 1. The minimum absolute atomic E-state index is 0.124. The molecule has 0 saturated carbocycles. The lowest BCUT2D eigenvalue weighted by molar-refractivity contribution is -0.141. The van der Waals surface area contributed by atoms with Crippen LogP contribution in [0.15, 0.2) is 23.3 Å². The first-order valence-corrected chi connectivity index (χ1v) is 4.80. The van der Waals surface area contributed by atoms with Gasteiger partial charge in [0, 0.05) is 19.4 Å². The molecule has 0 aliphatic heterocycles. The van der Waals surface area contributed by atoms with Gasteiger partial charge in [0.05, 0.1) is 16.6 Å². The molecular weight excluding hydrogens is 235 g/mol. The normalized spacial score (nSPS) is 12.2. The van der Waals surface area contributed by atoms with Gasteiger partial charge in [-0.15, -0.1) is 0 Å². The molecule has 0 spiro atoms. The molecule has 0 atom stereocenters. The number of aromatic nitrogens is 2. The fourth-order valence-corrected chi connectivity index (χ4v) is 1.79. The Balaban J connectivity index is 2.66. The van der Waals surface area contributed by atoms with E-state index in [2.05, 4.69) is 0 Å². The molecule has 92 valence electrons. The summed E-state index contributed by atoms with van der Waals surface area (Å²) < 4.78 is 38.9. The van der Waals surface area contributed by atoms with Gasteiger partial charge >= 0.3 is 6.18 Å². The molecule has 0 fully saturated rings. The van der Waals surface area contributed by atoms with Crippen molar-refractivity contribution in [3.63, 3.8) is 0 Å². The second kappa shape index (κ2) is 3.54. The number of fused-ring (bicyclic) bond motifs is 1. The number of halogens is 3. The average molecular weight is 245 g/mol. The lowest BCUT2D eigenvalue weighted by atomic mass is 10.3. The second-order valence-corrected chi connectivity index (χ2v) is 3.82. The topological polar surface area (TPSA) is 52.9 Å². The second-order valence-electron chi connectivity index (χ2n) is 3.82. The number of alkyl halides is 3. The fourth-order valence-electron chi connectivity index (χ4n) is 1.79. The number of nitrogens with two attached hydrogens (primary N) is 1. The Bertz CT molecular complexity index is 624. The summed E-state index contributed by atoms with van der Waals surface area (Å²) in [6, 6.07) is 1.44. The van der Waals surface area contributed by atoms with Crippen LogP contribution in [-0.4, -0.2) is 15.3 Å². The van der Waals surface area contributed by atoms with Crippen molar-refractivity contribution in [1.29, 1.82) is 0 Å². The first-order valence-electron chi connectivity index (χ1n) is 4.80. The molecule has 0 saturated heterocycles. The predicted molar refractivity (Wildman–Crippen MR) is 57.6 cm³/mol. The van der Waals surface area contributed by atoms with Crippen molar-refractivity contribution >= 4 is 16.6 Å². The van der Waals surface area contributed by atoms with Gasteiger partial charge in [-0.05, 0) is 6.07 Å². The van der Waals surface area contributed by atoms with Crippen LogP contribution in [0, 0.1) is 0 Å². The van der Waals surface area contributed by atoms with Crippen molar-refractivity contribution in [2.45, 2.75) is 12.7 Å². The summed E-state index contributed by atoms with van der Waals surface area (Å²) in [5.74, 6) is 0. The number of pyridine rings is 1. The highest BCUT2D eigenvalue weighted by Crippen LogP contribution is 2.20. The van der Waals surface area contributed by atoms with Crippen LogP contribution in [0.25, 0.3) is 10.9 Å². The summed E-state index contributed by atoms with van der Waals surface area (Å²) >= 11 is 0. The third kappa shape index (κ3) is 2.00. The average Bonchev–Trinajstić information content (AvgIpc) is 2.45. The van der Waals surface area contributed by atoms with E-state index in [1.165, 1.54) is 12.3 Å². The number of aryl methyl sites for hydroxylation is 1. The van der Waals surface area contributed by atoms with Crippen LogP contribution in [0.3, 0.4) is 0 Å². The number of rotatable bonds is 1. The molecule has 0 radical (unpaired) electrons. The van der Waals surface area contributed by atoms with Crippen molar-refractivity contribution in [2.75, 3.05) is 5.73 Å². The van der Waals surface area contributed by atoms with Crippen LogP contribution < -0.4 is 11.3 Å². The van der Waals surface area contributed by atoms with E-state index < -0.39 is 18.3 Å². The van der Waals surface area contributed by atoms with Gasteiger partial charge in [-0.3, -0.25) is 4.79 Å². The molecule has 7 heteroatoms. The molecule has 2 N–H and O–H groups in total. The number of anilines is 1. The lowest BCUT2D eigenvalue weighted by Crippen LogP contribution is -2.27. The molecule has 0 aliphatic rings. The molecule has 2 heterocycles. The van der Waals surface area contributed by atoms with Crippen molar-refractivity contribution in [2.24, 2.45) is 7.05 Å². The zero-order valence-corrected chi connectivity index (χ0v) is 8.95. The predicted octanol–water partition coefficient (Wildman–Crippen LogP) is 1.48. The van der Waals surface area contributed by atoms with Gasteiger partial charge in [-0.25, -0.2) is 0 Å². The number of nitrogens with zero attached hydrogens (tertiary/aromatic N) is 2. The van der Waals surface area contributed by atoms with Crippen LogP contribution in [0.2, 0.25) is 0 Å². The maximum atomic E-state index is 12.2. The van der Waals surface area contributed by atoms with Crippen LogP contribution in [0.1, 0.15) is 0 Å². The van der Waals surface area contributed by atoms with Gasteiger partial charge in [0.15, 0.2) is 0 Å². The third-order valence-electron chi connectivity index (χ3n) is 2.49. The molecule has 0 amide bonds. The van der Waals surface area contributed by atoms with E-state index in [0.29, 0.717) is 10.1 Å². The Labute approximate surface area is 94.1 Å². The SMILES string of the molecule is Cn1cc(N)c2c(=O)n(CC(F)(F)F)ccc21. The summed E-state index contributed by atoms with van der Waals surface area (Å²) in [7, 11) is 1.67. The van der Waals surface area contributed by atoms with E-state index in [0.717, 1.165) is 6.20 Å². The van der Waals surface area contributed by atoms with E-state index in [1.54, 1.807) is 11.6 Å². The molecule has 0 unspecified atom stereocenters. The fraction of sp³-hybridized carbons (Fsp3) is 0.300. The maximum Gasteiger partial charge on any atom is 0.406 e. The summed E-state index contributed by atoms with van der Waals surface area (Å²) in [5.41, 5.74) is 5.57. The lowest BCUT2D eigenvalue weighted by Gasteiger charge is -2.09. The van der Waals surface area contributed by atoms with Crippen LogP contribution in [-0.2, 0) is 13.6 Å². The minimum Gasteiger partial charge on any atom is -0.397 e. The number of nitrogen functional groups attached to an aromatic ring is 1. The summed E-state index contributed by atoms with van der Waals surface area (Å²) in [6.07, 6.45) is -1.80. The summed E-state index contributed by atoms with van der Waals surface area (Å²) in [4.78, 5) is 11.8. The molecule has 2 aromatic rings. The highest BCUT2D eigenvalue weighted by atomic mass is 19.4. The minimum atomic E-state index is -4.43. The first kappa shape index (κ1) is 11.6. The molecular formula is C10H10F3N3O. The van der Waals surface area contributed by atoms with Gasteiger partial charge < -0.3 is 14.9 Å². The van der Waals surface area contributed by atoms with E-state index in [4.69, 9.17) is 5.73 Å².